The van der Waals surface area contributed by atoms with Crippen molar-refractivity contribution in [2.75, 3.05) is 26.4 Å². The SMILES string of the molecule is CCOCCn1c(C=O)nc2ccc(OCc3ccc(F)cc3)cc21.CCOCCn1c(CN[C@@H](C)C(N)=O)nc2ccc(OCc3ccc(F)cc3)cc21. The van der Waals surface area contributed by atoms with Crippen molar-refractivity contribution >= 4 is 34.3 Å². The topological polar surface area (TPSA) is 145 Å². The number of amides is 1. The maximum atomic E-state index is 13.1. The highest BCUT2D eigenvalue weighted by Crippen LogP contribution is 2.25. The lowest BCUT2D eigenvalue weighted by Gasteiger charge is -2.13. The van der Waals surface area contributed by atoms with E-state index in [9.17, 15) is 18.4 Å². The van der Waals surface area contributed by atoms with Gasteiger partial charge < -0.3 is 33.8 Å². The zero-order valence-corrected chi connectivity index (χ0v) is 31.2. The van der Waals surface area contributed by atoms with E-state index >= 15 is 0 Å². The third-order valence-electron chi connectivity index (χ3n) is 8.61. The van der Waals surface area contributed by atoms with Crippen molar-refractivity contribution in [1.82, 2.24) is 24.4 Å². The molecule has 0 aliphatic heterocycles. The number of nitrogens with zero attached hydrogens (tertiary/aromatic N) is 4. The molecule has 2 aromatic heterocycles. The van der Waals surface area contributed by atoms with Gasteiger partial charge in [0.15, 0.2) is 12.1 Å². The first-order chi connectivity index (χ1) is 26.7. The van der Waals surface area contributed by atoms with Gasteiger partial charge in [-0.2, -0.15) is 0 Å². The molecule has 0 aliphatic rings. The smallest absolute Gasteiger partial charge is 0.234 e. The summed E-state index contributed by atoms with van der Waals surface area (Å²) in [5, 5.41) is 3.10. The number of fused-ring (bicyclic) bond motifs is 2. The Morgan fingerprint density at radius 2 is 1.25 bits per heavy atom. The lowest BCUT2D eigenvalue weighted by molar-refractivity contribution is -0.119. The van der Waals surface area contributed by atoms with Gasteiger partial charge in [0.05, 0.1) is 47.9 Å². The van der Waals surface area contributed by atoms with Gasteiger partial charge >= 0.3 is 0 Å². The highest BCUT2D eigenvalue weighted by molar-refractivity contribution is 5.84. The minimum atomic E-state index is -0.459. The van der Waals surface area contributed by atoms with Crippen LogP contribution in [0.25, 0.3) is 22.1 Å². The summed E-state index contributed by atoms with van der Waals surface area (Å²) in [6.07, 6.45) is 0.741. The van der Waals surface area contributed by atoms with Crippen LogP contribution in [0.2, 0.25) is 0 Å². The Morgan fingerprint density at radius 3 is 1.75 bits per heavy atom. The van der Waals surface area contributed by atoms with E-state index in [1.165, 1.54) is 24.3 Å². The third kappa shape index (κ3) is 11.4. The van der Waals surface area contributed by atoms with Gasteiger partial charge in [-0.25, -0.2) is 18.7 Å². The molecule has 3 N–H and O–H groups in total. The van der Waals surface area contributed by atoms with Crippen LogP contribution in [0.4, 0.5) is 8.78 Å². The quantitative estimate of drug-likeness (QED) is 0.0713. The maximum absolute atomic E-state index is 13.1. The normalized spacial score (nSPS) is 11.7. The number of nitrogens with one attached hydrogen (secondary N) is 1. The number of primary amides is 1. The van der Waals surface area contributed by atoms with Crippen molar-refractivity contribution < 1.29 is 37.3 Å². The van der Waals surface area contributed by atoms with E-state index in [1.807, 2.05) is 48.7 Å². The lowest BCUT2D eigenvalue weighted by Crippen LogP contribution is -2.38. The summed E-state index contributed by atoms with van der Waals surface area (Å²) in [5.74, 6) is 1.54. The van der Waals surface area contributed by atoms with Gasteiger partial charge in [0.2, 0.25) is 5.91 Å². The Morgan fingerprint density at radius 1 is 0.764 bits per heavy atom. The van der Waals surface area contributed by atoms with E-state index < -0.39 is 11.9 Å². The van der Waals surface area contributed by atoms with E-state index in [4.69, 9.17) is 24.7 Å². The number of halogens is 2. The molecule has 0 unspecified atom stereocenters. The first kappa shape index (κ1) is 40.5. The molecule has 12 nitrogen and oxygen atoms in total. The van der Waals surface area contributed by atoms with Crippen molar-refractivity contribution in [3.05, 3.63) is 119 Å². The van der Waals surface area contributed by atoms with Crippen LogP contribution in [-0.4, -0.2) is 63.8 Å². The van der Waals surface area contributed by atoms with Crippen LogP contribution in [-0.2, 0) is 47.1 Å². The predicted molar refractivity (Wildman–Crippen MR) is 205 cm³/mol. The molecule has 4 aromatic carbocycles. The molecule has 6 aromatic rings. The lowest BCUT2D eigenvalue weighted by atomic mass is 10.2. The van der Waals surface area contributed by atoms with E-state index in [1.54, 1.807) is 37.3 Å². The average molecular weight is 757 g/mol. The summed E-state index contributed by atoms with van der Waals surface area (Å²) in [7, 11) is 0. The highest BCUT2D eigenvalue weighted by atomic mass is 19.1. The van der Waals surface area contributed by atoms with Crippen molar-refractivity contribution in [3.63, 3.8) is 0 Å². The predicted octanol–water partition coefficient (Wildman–Crippen LogP) is 6.36. The summed E-state index contributed by atoms with van der Waals surface area (Å²) in [4.78, 5) is 31.6. The molecule has 0 fully saturated rings. The molecular formula is C41H46F2N6O6. The molecular weight excluding hydrogens is 710 g/mol. The van der Waals surface area contributed by atoms with Crippen LogP contribution >= 0.6 is 0 Å². The van der Waals surface area contributed by atoms with Crippen LogP contribution < -0.4 is 20.5 Å². The van der Waals surface area contributed by atoms with Crippen LogP contribution in [0.1, 0.15) is 48.3 Å². The molecule has 0 saturated heterocycles. The first-order valence-electron chi connectivity index (χ1n) is 18.1. The van der Waals surface area contributed by atoms with E-state index in [2.05, 4.69) is 19.9 Å². The Hall–Kier alpha value is -5.70. The number of rotatable bonds is 19. The number of hydrogen-bond acceptors (Lipinski definition) is 9. The average Bonchev–Trinajstić information content (AvgIpc) is 3.73. The number of carbonyl (C=O) groups excluding carboxylic acids is 2. The molecule has 0 saturated carbocycles. The summed E-state index contributed by atoms with van der Waals surface area (Å²) in [6, 6.07) is 23.1. The second-order valence-corrected chi connectivity index (χ2v) is 12.4. The maximum Gasteiger partial charge on any atom is 0.234 e. The highest BCUT2D eigenvalue weighted by Gasteiger charge is 2.15. The molecule has 0 radical (unpaired) electrons. The molecule has 55 heavy (non-hydrogen) atoms. The fraction of sp³-hybridized carbons (Fsp3) is 0.317. The Bertz CT molecular complexity index is 2150. The third-order valence-corrected chi connectivity index (χ3v) is 8.61. The zero-order valence-electron chi connectivity index (χ0n) is 31.2. The number of carbonyl (C=O) groups is 2. The van der Waals surface area contributed by atoms with E-state index in [0.717, 1.165) is 45.3 Å². The Kier molecular flexibility index (Phi) is 14.8. The molecule has 0 bridgehead atoms. The molecule has 6 rings (SSSR count). The van der Waals surface area contributed by atoms with Crippen LogP contribution in [0.3, 0.4) is 0 Å². The van der Waals surface area contributed by atoms with Gasteiger partial charge in [-0.05, 0) is 80.4 Å². The van der Waals surface area contributed by atoms with Crippen molar-refractivity contribution in [2.24, 2.45) is 5.73 Å². The van der Waals surface area contributed by atoms with Gasteiger partial charge in [-0.3, -0.25) is 14.9 Å². The summed E-state index contributed by atoms with van der Waals surface area (Å²) < 4.78 is 52.4. The Labute approximate surface area is 318 Å². The van der Waals surface area contributed by atoms with Gasteiger partial charge in [0.25, 0.3) is 0 Å². The zero-order chi connectivity index (χ0) is 39.2. The van der Waals surface area contributed by atoms with Gasteiger partial charge in [0.1, 0.15) is 42.2 Å². The number of aldehydes is 1. The second-order valence-electron chi connectivity index (χ2n) is 12.4. The van der Waals surface area contributed by atoms with Crippen LogP contribution in [0.15, 0.2) is 84.9 Å². The Balaban J connectivity index is 0.000000214. The molecule has 0 spiro atoms. The number of ether oxygens (including phenoxy) is 4. The van der Waals surface area contributed by atoms with E-state index in [0.29, 0.717) is 76.6 Å². The minimum absolute atomic E-state index is 0.273. The van der Waals surface area contributed by atoms with Gasteiger partial charge in [-0.1, -0.05) is 24.3 Å². The molecule has 0 aliphatic carbocycles. The number of aromatic nitrogens is 4. The standard InChI is InChI=1S/C22H27FN4O3.C19H19FN2O3/c1-3-29-11-10-27-20-12-18(30-14-16-4-6-17(23)7-5-16)8-9-19(20)26-21(27)13-25-15(2)22(24)28;1-2-24-10-9-22-18-11-16(7-8-17(18)21-19(22)12-23)25-13-14-3-5-15(20)6-4-14/h4-9,12,15,25H,3,10-11,13-14H2,1-2H3,(H2,24,28);3-8,11-12H,2,9-10,13H2,1H3/t15-;/m0./s1. The van der Waals surface area contributed by atoms with Crippen LogP contribution in [0, 0.1) is 11.6 Å². The van der Waals surface area contributed by atoms with Gasteiger partial charge in [-0.15, -0.1) is 0 Å². The number of benzene rings is 4. The molecule has 2 heterocycles. The minimum Gasteiger partial charge on any atom is -0.489 e. The molecule has 1 amide bonds. The monoisotopic (exact) mass is 756 g/mol. The van der Waals surface area contributed by atoms with E-state index in [-0.39, 0.29) is 11.6 Å². The number of hydrogen-bond donors (Lipinski definition) is 2. The molecule has 1 atom stereocenters. The fourth-order valence-electron chi connectivity index (χ4n) is 5.60. The summed E-state index contributed by atoms with van der Waals surface area (Å²) in [6.45, 7) is 10.1. The van der Waals surface area contributed by atoms with Crippen LogP contribution in [0.5, 0.6) is 11.5 Å². The van der Waals surface area contributed by atoms with Gasteiger partial charge in [0, 0.05) is 38.4 Å². The second kappa shape index (κ2) is 20.1. The number of nitrogens with two attached hydrogens (primary N) is 1. The first-order valence-corrected chi connectivity index (χ1v) is 18.1. The summed E-state index contributed by atoms with van der Waals surface area (Å²) >= 11 is 0. The molecule has 14 heteroatoms. The van der Waals surface area contributed by atoms with Crippen molar-refractivity contribution in [3.8, 4) is 11.5 Å². The summed E-state index contributed by atoms with van der Waals surface area (Å²) in [5.41, 5.74) is 10.4. The fourth-order valence-corrected chi connectivity index (χ4v) is 5.60. The largest absolute Gasteiger partial charge is 0.489 e. The molecule has 290 valence electrons. The van der Waals surface area contributed by atoms with Crippen molar-refractivity contribution in [2.45, 2.75) is 59.7 Å². The van der Waals surface area contributed by atoms with Crippen molar-refractivity contribution in [1.29, 1.82) is 0 Å². The number of imidazole rings is 2.